The summed E-state index contributed by atoms with van der Waals surface area (Å²) >= 11 is 0. The zero-order chi connectivity index (χ0) is 19.7. The molecule has 4 rings (SSSR count). The first-order chi connectivity index (χ1) is 13.5. The first-order valence-corrected chi connectivity index (χ1v) is 10.5. The lowest BCUT2D eigenvalue weighted by atomic mass is 9.81. The van der Waals surface area contributed by atoms with Crippen LogP contribution in [0.3, 0.4) is 0 Å². The highest BCUT2D eigenvalue weighted by Gasteiger charge is 2.41. The van der Waals surface area contributed by atoms with E-state index >= 15 is 0 Å². The van der Waals surface area contributed by atoms with Crippen molar-refractivity contribution in [2.45, 2.75) is 69.7 Å². The predicted molar refractivity (Wildman–Crippen MR) is 107 cm³/mol. The molecule has 1 spiro atoms. The van der Waals surface area contributed by atoms with Crippen LogP contribution in [-0.4, -0.2) is 59.4 Å². The lowest BCUT2D eigenvalue weighted by Gasteiger charge is -2.43. The van der Waals surface area contributed by atoms with E-state index in [1.165, 1.54) is 5.56 Å². The van der Waals surface area contributed by atoms with Gasteiger partial charge in [0.2, 0.25) is 11.8 Å². The smallest absolute Gasteiger partial charge is 0.245 e. The monoisotopic (exact) mass is 385 g/mol. The molecule has 0 aromatic heterocycles. The van der Waals surface area contributed by atoms with Crippen LogP contribution in [0.5, 0.6) is 5.75 Å². The fourth-order valence-corrected chi connectivity index (χ4v) is 4.93. The number of para-hydroxylation sites is 1. The Hall–Kier alpha value is -2.08. The summed E-state index contributed by atoms with van der Waals surface area (Å²) in [5.41, 5.74) is 1.02. The Labute approximate surface area is 167 Å². The van der Waals surface area contributed by atoms with Gasteiger partial charge in [-0.3, -0.25) is 9.59 Å². The third kappa shape index (κ3) is 3.62. The van der Waals surface area contributed by atoms with Crippen LogP contribution in [0.4, 0.5) is 0 Å². The number of carbonyl (C=O) groups excluding carboxylic acids is 2. The number of hydrogen-bond acceptors (Lipinski definition) is 4. The number of rotatable bonds is 3. The molecule has 3 aliphatic rings. The van der Waals surface area contributed by atoms with E-state index < -0.39 is 0 Å². The lowest BCUT2D eigenvalue weighted by molar-refractivity contribution is -0.144. The molecule has 1 saturated heterocycles. The standard InChI is InChI=1S/C22H31N3O3/c1-16(25-13-5-8-20(25)26)21(27)24(2)18-9-11-22(12-10-18)15-23-14-17-6-3-4-7-19(17)28-22/h3-4,6-7,16,18,23H,5,8-15H2,1-2H3/t16-,18?,22?/m1/s1. The molecular weight excluding hydrogens is 354 g/mol. The number of likely N-dealkylation sites (tertiary alicyclic amines) is 1. The number of nitrogens with one attached hydrogen (secondary N) is 1. The van der Waals surface area contributed by atoms with Crippen molar-refractivity contribution in [1.29, 1.82) is 0 Å². The molecule has 1 aromatic rings. The van der Waals surface area contributed by atoms with Gasteiger partial charge in [-0.2, -0.15) is 0 Å². The summed E-state index contributed by atoms with van der Waals surface area (Å²) in [4.78, 5) is 28.5. The molecule has 152 valence electrons. The molecule has 1 atom stereocenters. The van der Waals surface area contributed by atoms with Gasteiger partial charge in [0.15, 0.2) is 0 Å². The van der Waals surface area contributed by atoms with Gasteiger partial charge in [0.25, 0.3) is 0 Å². The summed E-state index contributed by atoms with van der Waals surface area (Å²) in [6.07, 6.45) is 5.12. The molecule has 1 saturated carbocycles. The normalized spacial score (nSPS) is 28.4. The van der Waals surface area contributed by atoms with Crippen molar-refractivity contribution >= 4 is 11.8 Å². The number of hydrogen-bond donors (Lipinski definition) is 1. The van der Waals surface area contributed by atoms with Gasteiger partial charge in [-0.15, -0.1) is 0 Å². The highest BCUT2D eigenvalue weighted by atomic mass is 16.5. The third-order valence-corrected chi connectivity index (χ3v) is 6.76. The van der Waals surface area contributed by atoms with E-state index in [0.29, 0.717) is 13.0 Å². The summed E-state index contributed by atoms with van der Waals surface area (Å²) in [6.45, 7) is 4.24. The first kappa shape index (κ1) is 19.2. The molecule has 2 aliphatic heterocycles. The molecule has 6 heteroatoms. The molecule has 0 radical (unpaired) electrons. The predicted octanol–water partition coefficient (Wildman–Crippen LogP) is 2.32. The maximum Gasteiger partial charge on any atom is 0.245 e. The zero-order valence-electron chi connectivity index (χ0n) is 16.9. The van der Waals surface area contributed by atoms with Crippen LogP contribution in [0.15, 0.2) is 24.3 Å². The van der Waals surface area contributed by atoms with Crippen LogP contribution < -0.4 is 10.1 Å². The average Bonchev–Trinajstić information content (AvgIpc) is 3.05. The number of carbonyl (C=O) groups is 2. The fourth-order valence-electron chi connectivity index (χ4n) is 4.93. The molecule has 2 amide bonds. The second-order valence-corrected chi connectivity index (χ2v) is 8.54. The number of ether oxygens (including phenoxy) is 1. The second-order valence-electron chi connectivity index (χ2n) is 8.54. The minimum absolute atomic E-state index is 0.0569. The summed E-state index contributed by atoms with van der Waals surface area (Å²) in [6, 6.07) is 8.09. The van der Waals surface area contributed by atoms with Crippen molar-refractivity contribution in [3.05, 3.63) is 29.8 Å². The zero-order valence-corrected chi connectivity index (χ0v) is 16.9. The van der Waals surface area contributed by atoms with Crippen molar-refractivity contribution < 1.29 is 14.3 Å². The van der Waals surface area contributed by atoms with Gasteiger partial charge in [0.05, 0.1) is 0 Å². The van der Waals surface area contributed by atoms with Crippen LogP contribution >= 0.6 is 0 Å². The van der Waals surface area contributed by atoms with Crippen LogP contribution in [0.1, 0.15) is 51.0 Å². The molecule has 1 aromatic carbocycles. The molecule has 1 N–H and O–H groups in total. The van der Waals surface area contributed by atoms with Crippen LogP contribution in [-0.2, 0) is 16.1 Å². The topological polar surface area (TPSA) is 61.9 Å². The van der Waals surface area contributed by atoms with Crippen LogP contribution in [0.2, 0.25) is 0 Å². The molecule has 1 aliphatic carbocycles. The SMILES string of the molecule is C[C@H](C(=O)N(C)C1CCC2(CC1)CNCc1ccccc1O2)N1CCCC1=O. The average molecular weight is 386 g/mol. The molecular formula is C22H31N3O3. The van der Waals surface area contributed by atoms with Crippen molar-refractivity contribution in [3.63, 3.8) is 0 Å². The maximum absolute atomic E-state index is 12.9. The second kappa shape index (κ2) is 7.74. The van der Waals surface area contributed by atoms with E-state index in [9.17, 15) is 9.59 Å². The van der Waals surface area contributed by atoms with E-state index in [0.717, 1.165) is 50.9 Å². The quantitative estimate of drug-likeness (QED) is 0.867. The van der Waals surface area contributed by atoms with Crippen molar-refractivity contribution in [3.8, 4) is 5.75 Å². The molecule has 0 bridgehead atoms. The summed E-state index contributed by atoms with van der Waals surface area (Å²) in [7, 11) is 1.89. The molecule has 2 fully saturated rings. The van der Waals surface area contributed by atoms with Crippen LogP contribution in [0, 0.1) is 0 Å². The molecule has 0 unspecified atom stereocenters. The lowest BCUT2D eigenvalue weighted by Crippen LogP contribution is -2.53. The molecule has 28 heavy (non-hydrogen) atoms. The Morgan fingerprint density at radius 1 is 1.32 bits per heavy atom. The first-order valence-electron chi connectivity index (χ1n) is 10.5. The summed E-state index contributed by atoms with van der Waals surface area (Å²) < 4.78 is 6.50. The summed E-state index contributed by atoms with van der Waals surface area (Å²) in [5.74, 6) is 1.14. The number of fused-ring (bicyclic) bond motifs is 1. The van der Waals surface area contributed by atoms with E-state index in [1.807, 2.05) is 31.0 Å². The van der Waals surface area contributed by atoms with Gasteiger partial charge in [-0.05, 0) is 45.1 Å². The Bertz CT molecular complexity index is 742. The highest BCUT2D eigenvalue weighted by molar-refractivity contribution is 5.88. The van der Waals surface area contributed by atoms with Crippen molar-refractivity contribution in [2.24, 2.45) is 0 Å². The van der Waals surface area contributed by atoms with E-state index in [1.54, 1.807) is 4.90 Å². The van der Waals surface area contributed by atoms with E-state index in [2.05, 4.69) is 17.4 Å². The molecule has 2 heterocycles. The van der Waals surface area contributed by atoms with Gasteiger partial charge < -0.3 is 19.9 Å². The number of likely N-dealkylation sites (N-methyl/N-ethyl adjacent to an activating group) is 1. The van der Waals surface area contributed by atoms with Gasteiger partial charge in [-0.25, -0.2) is 0 Å². The van der Waals surface area contributed by atoms with E-state index in [4.69, 9.17) is 4.74 Å². The fraction of sp³-hybridized carbons (Fsp3) is 0.636. The van der Waals surface area contributed by atoms with Crippen molar-refractivity contribution in [2.75, 3.05) is 20.1 Å². The van der Waals surface area contributed by atoms with Crippen LogP contribution in [0.25, 0.3) is 0 Å². The number of nitrogens with zero attached hydrogens (tertiary/aromatic N) is 2. The molecule has 6 nitrogen and oxygen atoms in total. The maximum atomic E-state index is 12.9. The van der Waals surface area contributed by atoms with Gasteiger partial charge in [0, 0.05) is 44.7 Å². The Morgan fingerprint density at radius 3 is 2.79 bits per heavy atom. The summed E-state index contributed by atoms with van der Waals surface area (Å²) in [5, 5.41) is 3.54. The number of benzene rings is 1. The third-order valence-electron chi connectivity index (χ3n) is 6.76. The Kier molecular flexibility index (Phi) is 5.32. The van der Waals surface area contributed by atoms with Gasteiger partial charge in [-0.1, -0.05) is 18.2 Å². The number of amides is 2. The van der Waals surface area contributed by atoms with Crippen molar-refractivity contribution in [1.82, 2.24) is 15.1 Å². The van der Waals surface area contributed by atoms with Gasteiger partial charge in [0.1, 0.15) is 17.4 Å². The van der Waals surface area contributed by atoms with E-state index in [-0.39, 0.29) is 29.5 Å². The van der Waals surface area contributed by atoms with Gasteiger partial charge >= 0.3 is 0 Å². The Balaban J connectivity index is 1.38. The Morgan fingerprint density at radius 2 is 2.07 bits per heavy atom. The highest BCUT2D eigenvalue weighted by Crippen LogP contribution is 2.37. The minimum atomic E-state index is -0.362. The largest absolute Gasteiger partial charge is 0.486 e. The minimum Gasteiger partial charge on any atom is -0.486 e.